The number of hydrogen-bond acceptors (Lipinski definition) is 2. The summed E-state index contributed by atoms with van der Waals surface area (Å²) in [6.07, 6.45) is 0. The highest BCUT2D eigenvalue weighted by molar-refractivity contribution is 7.92. The lowest BCUT2D eigenvalue weighted by molar-refractivity contribution is 0.579. The molecule has 0 saturated carbocycles. The van der Waals surface area contributed by atoms with E-state index in [1.54, 1.807) is 13.8 Å². The molecule has 0 bridgehead atoms. The average molecular weight is 165 g/mol. The number of rotatable bonds is 3. The minimum absolute atomic E-state index is 0.255. The highest BCUT2D eigenvalue weighted by Crippen LogP contribution is 1.89. The summed E-state index contributed by atoms with van der Waals surface area (Å²) in [6.45, 7) is 4.58. The fourth-order valence-corrected chi connectivity index (χ4v) is 1.42. The van der Waals surface area contributed by atoms with E-state index >= 15 is 0 Å². The van der Waals surface area contributed by atoms with Gasteiger partial charge in [0.1, 0.15) is 0 Å². The zero-order valence-corrected chi connectivity index (χ0v) is 7.12. The van der Waals surface area contributed by atoms with Crippen molar-refractivity contribution in [1.29, 1.82) is 0 Å². The van der Waals surface area contributed by atoms with Gasteiger partial charge in [-0.1, -0.05) is 6.05 Å². The molecule has 0 atom stereocenters. The van der Waals surface area contributed by atoms with Gasteiger partial charge in [0, 0.05) is 11.4 Å². The maximum atomic E-state index is 11.1. The first-order valence-electron chi connectivity index (χ1n) is 3.93. The second-order valence-corrected chi connectivity index (χ2v) is 3.57. The van der Waals surface area contributed by atoms with Gasteiger partial charge in [0.2, 0.25) is 10.0 Å². The first kappa shape index (κ1) is 6.37. The molecule has 0 spiro atoms. The lowest BCUT2D eigenvalue weighted by Crippen LogP contribution is -2.28. The largest absolute Gasteiger partial charge is 0.233 e. The molecule has 0 fully saturated rings. The lowest BCUT2D eigenvalue weighted by Gasteiger charge is -2.04. The molecule has 0 aromatic carbocycles. The van der Waals surface area contributed by atoms with Gasteiger partial charge in [-0.15, -0.1) is 0 Å². The van der Waals surface area contributed by atoms with E-state index in [1.807, 2.05) is 0 Å². The van der Waals surface area contributed by atoms with Crippen LogP contribution in [0.1, 0.15) is 23.5 Å². The second kappa shape index (κ2) is 3.73. The predicted octanol–water partition coefficient (Wildman–Crippen LogP) is 0.848. The first-order chi connectivity index (χ1) is 5.27. The molecule has 0 aliphatic heterocycles. The summed E-state index contributed by atoms with van der Waals surface area (Å²) in [5.74, 6) is 0. The molecule has 0 heterocycles. The van der Waals surface area contributed by atoms with Crippen LogP contribution in [-0.4, -0.2) is 14.5 Å². The van der Waals surface area contributed by atoms with Gasteiger partial charge >= 0.3 is 0 Å². The molecule has 60 valence electrons. The van der Waals surface area contributed by atoms with E-state index in [-0.39, 0.29) is 12.1 Å². The van der Waals surface area contributed by atoms with Crippen molar-refractivity contribution in [3.05, 3.63) is 11.4 Å². The van der Waals surface area contributed by atoms with Gasteiger partial charge in [0.15, 0.2) is 0 Å². The van der Waals surface area contributed by atoms with Gasteiger partial charge in [0.05, 0.1) is 2.74 Å². The Morgan fingerprint density at radius 2 is 2.10 bits per heavy atom. The average Bonchev–Trinajstić information content (AvgIpc) is 1.82. The molecule has 0 aromatic heterocycles. The molecular weight excluding hydrogens is 150 g/mol. The van der Waals surface area contributed by atoms with Crippen LogP contribution in [-0.2, 0) is 10.0 Å². The van der Waals surface area contributed by atoms with E-state index < -0.39 is 15.4 Å². The third kappa shape index (κ3) is 4.52. The van der Waals surface area contributed by atoms with E-state index in [9.17, 15) is 8.42 Å². The number of hydrogen-bond donors (Lipinski definition) is 1. The fraction of sp³-hybridized carbons (Fsp3) is 0.667. The molecule has 1 N–H and O–H groups in total. The van der Waals surface area contributed by atoms with E-state index in [0.717, 1.165) is 0 Å². The normalized spacial score (nSPS) is 18.0. The monoisotopic (exact) mass is 165 g/mol. The van der Waals surface area contributed by atoms with Crippen LogP contribution in [0, 0.1) is 0 Å². The van der Waals surface area contributed by atoms with Gasteiger partial charge < -0.3 is 0 Å². The van der Waals surface area contributed by atoms with Crippen LogP contribution < -0.4 is 4.72 Å². The van der Waals surface area contributed by atoms with Crippen LogP contribution in [0.4, 0.5) is 0 Å². The van der Waals surface area contributed by atoms with Crippen LogP contribution in [0.3, 0.4) is 0 Å². The zero-order valence-electron chi connectivity index (χ0n) is 8.30. The number of sulfonamides is 1. The summed E-state index contributed by atoms with van der Waals surface area (Å²) in [7, 11) is -3.75. The van der Waals surface area contributed by atoms with Gasteiger partial charge in [-0.3, -0.25) is 0 Å². The SMILES string of the molecule is [2H]/C(C)=C(/[2H])S(=O)(=O)NC(C)C. The van der Waals surface area contributed by atoms with Crippen molar-refractivity contribution in [3.8, 4) is 0 Å². The third-order valence-electron chi connectivity index (χ3n) is 0.627. The minimum Gasteiger partial charge on any atom is -0.209 e. The Balaban J connectivity index is 4.78. The Labute approximate surface area is 65.0 Å². The van der Waals surface area contributed by atoms with Crippen molar-refractivity contribution >= 4 is 10.0 Å². The van der Waals surface area contributed by atoms with Gasteiger partial charge in [-0.05, 0) is 20.8 Å². The van der Waals surface area contributed by atoms with Gasteiger partial charge in [-0.2, -0.15) is 0 Å². The van der Waals surface area contributed by atoms with Crippen LogP contribution in [0.25, 0.3) is 0 Å². The Hall–Kier alpha value is -0.350. The lowest BCUT2D eigenvalue weighted by atomic mass is 10.4. The molecule has 0 rings (SSSR count). The number of allylic oxidation sites excluding steroid dienone is 1. The summed E-state index contributed by atoms with van der Waals surface area (Å²) in [4.78, 5) is 0. The maximum absolute atomic E-state index is 11.1. The Bertz CT molecular complexity index is 278. The standard InChI is InChI=1S/C6H13NO2S/c1-4-5-10(8,9)7-6(2)3/h4-7H,1-3H3/b5-4+/i4D,5D. The van der Waals surface area contributed by atoms with Crippen molar-refractivity contribution in [2.45, 2.75) is 26.8 Å². The molecule has 0 radical (unpaired) electrons. The maximum Gasteiger partial charge on any atom is 0.233 e. The predicted molar refractivity (Wildman–Crippen MR) is 42.0 cm³/mol. The molecule has 0 aliphatic rings. The fourth-order valence-electron chi connectivity index (χ4n) is 0.474. The van der Waals surface area contributed by atoms with Crippen molar-refractivity contribution < 1.29 is 11.2 Å². The second-order valence-electron chi connectivity index (χ2n) is 2.13. The van der Waals surface area contributed by atoms with E-state index in [1.165, 1.54) is 6.92 Å². The minimum atomic E-state index is -3.75. The molecule has 3 nitrogen and oxygen atoms in total. The van der Waals surface area contributed by atoms with Crippen LogP contribution >= 0.6 is 0 Å². The van der Waals surface area contributed by atoms with Crippen LogP contribution in [0.5, 0.6) is 0 Å². The van der Waals surface area contributed by atoms with E-state index in [4.69, 9.17) is 2.74 Å². The van der Waals surface area contributed by atoms with Crippen molar-refractivity contribution in [3.63, 3.8) is 0 Å². The van der Waals surface area contributed by atoms with E-state index in [2.05, 4.69) is 4.72 Å². The number of nitrogens with one attached hydrogen (secondary N) is 1. The zero-order chi connectivity index (χ0) is 9.94. The molecule has 0 aliphatic carbocycles. The topological polar surface area (TPSA) is 46.2 Å². The molecule has 4 heteroatoms. The smallest absolute Gasteiger partial charge is 0.209 e. The molecule has 0 aromatic rings. The molecule has 0 unspecified atom stereocenters. The summed E-state index contributed by atoms with van der Waals surface area (Å²) in [5.41, 5.74) is 0. The third-order valence-corrected chi connectivity index (χ3v) is 1.88. The van der Waals surface area contributed by atoms with Gasteiger partial charge in [0.25, 0.3) is 0 Å². The van der Waals surface area contributed by atoms with Crippen molar-refractivity contribution in [2.24, 2.45) is 0 Å². The van der Waals surface area contributed by atoms with Crippen molar-refractivity contribution in [2.75, 3.05) is 0 Å². The summed E-state index contributed by atoms with van der Waals surface area (Å²) < 4.78 is 38.4. The Morgan fingerprint density at radius 3 is 2.40 bits per heavy atom. The molecule has 0 amide bonds. The van der Waals surface area contributed by atoms with Gasteiger partial charge in [-0.25, -0.2) is 13.1 Å². The van der Waals surface area contributed by atoms with Crippen LogP contribution in [0.2, 0.25) is 0 Å². The highest BCUT2D eigenvalue weighted by atomic mass is 32.2. The highest BCUT2D eigenvalue weighted by Gasteiger charge is 2.04. The quantitative estimate of drug-likeness (QED) is 0.674. The van der Waals surface area contributed by atoms with Crippen molar-refractivity contribution in [1.82, 2.24) is 4.72 Å². The molecule has 10 heavy (non-hydrogen) atoms. The summed E-state index contributed by atoms with van der Waals surface area (Å²) in [5, 5.41) is -0.670. The van der Waals surface area contributed by atoms with Crippen LogP contribution in [0.15, 0.2) is 11.4 Å². The Morgan fingerprint density at radius 1 is 1.60 bits per heavy atom. The molecular formula is C6H13NO2S. The summed E-state index contributed by atoms with van der Waals surface area (Å²) >= 11 is 0. The molecule has 0 saturated heterocycles. The van der Waals surface area contributed by atoms with E-state index in [0.29, 0.717) is 0 Å². The first-order valence-corrected chi connectivity index (χ1v) is 4.42. The summed E-state index contributed by atoms with van der Waals surface area (Å²) in [6, 6.07) is -0.516. The Kier molecular flexibility index (Phi) is 2.37.